The van der Waals surface area contributed by atoms with Gasteiger partial charge in [-0.05, 0) is 30.2 Å². The van der Waals surface area contributed by atoms with Crippen molar-refractivity contribution in [1.29, 1.82) is 0 Å². The average Bonchev–Trinajstić information content (AvgIpc) is 2.56. The monoisotopic (exact) mass is 247 g/mol. The molecular formula is C13H10ClNO2. The number of carbonyl (C=O) groups excluding carboxylic acids is 2. The normalized spacial score (nSPS) is 21.1. The molecule has 3 nitrogen and oxygen atoms in total. The van der Waals surface area contributed by atoms with Crippen molar-refractivity contribution in [3.8, 4) is 0 Å². The van der Waals surface area contributed by atoms with Crippen LogP contribution in [0.2, 0.25) is 5.02 Å². The molecule has 17 heavy (non-hydrogen) atoms. The van der Waals surface area contributed by atoms with Gasteiger partial charge in [0.2, 0.25) is 0 Å². The van der Waals surface area contributed by atoms with E-state index >= 15 is 0 Å². The number of halogens is 1. The highest BCUT2D eigenvalue weighted by Crippen LogP contribution is 2.44. The van der Waals surface area contributed by atoms with Crippen molar-refractivity contribution in [3.05, 3.63) is 34.4 Å². The molecule has 1 unspecified atom stereocenters. The van der Waals surface area contributed by atoms with Gasteiger partial charge in [0.1, 0.15) is 0 Å². The lowest BCUT2D eigenvalue weighted by Gasteiger charge is -2.20. The molecule has 0 radical (unpaired) electrons. The minimum atomic E-state index is -0.216. The maximum Gasteiger partial charge on any atom is 0.256 e. The molecule has 4 heteroatoms. The third-order valence-corrected chi connectivity index (χ3v) is 3.53. The second-order valence-electron chi connectivity index (χ2n) is 4.29. The number of amides is 1. The highest BCUT2D eigenvalue weighted by molar-refractivity contribution is 6.37. The third-order valence-electron chi connectivity index (χ3n) is 3.31. The Morgan fingerprint density at radius 3 is 2.82 bits per heavy atom. The van der Waals surface area contributed by atoms with E-state index in [0.717, 1.165) is 16.8 Å². The molecule has 2 aliphatic rings. The molecule has 0 spiro atoms. The summed E-state index contributed by atoms with van der Waals surface area (Å²) < 4.78 is 0. The van der Waals surface area contributed by atoms with Crippen LogP contribution in [0.1, 0.15) is 30.4 Å². The molecule has 3 rings (SSSR count). The molecule has 1 aliphatic carbocycles. The molecule has 1 N–H and O–H groups in total. The molecule has 0 saturated carbocycles. The SMILES string of the molecule is CCC1C(=O)C=C2C(=O)Nc3cc(Cl)cc1c32. The third kappa shape index (κ3) is 1.35. The Morgan fingerprint density at radius 2 is 2.12 bits per heavy atom. The van der Waals surface area contributed by atoms with Crippen molar-refractivity contribution < 1.29 is 9.59 Å². The second kappa shape index (κ2) is 3.44. The predicted octanol–water partition coefficient (Wildman–Crippen LogP) is 2.75. The Hall–Kier alpha value is -1.61. The van der Waals surface area contributed by atoms with Crippen LogP contribution in [-0.4, -0.2) is 11.7 Å². The fourth-order valence-corrected chi connectivity index (χ4v) is 2.79. The lowest BCUT2D eigenvalue weighted by atomic mass is 9.81. The van der Waals surface area contributed by atoms with E-state index in [9.17, 15) is 9.59 Å². The van der Waals surface area contributed by atoms with Crippen LogP contribution in [0.4, 0.5) is 5.69 Å². The summed E-state index contributed by atoms with van der Waals surface area (Å²) in [6.07, 6.45) is 2.17. The van der Waals surface area contributed by atoms with Crippen LogP contribution >= 0.6 is 11.6 Å². The molecule has 1 heterocycles. The van der Waals surface area contributed by atoms with E-state index in [0.29, 0.717) is 17.0 Å². The van der Waals surface area contributed by atoms with Crippen LogP contribution in [0.5, 0.6) is 0 Å². The summed E-state index contributed by atoms with van der Waals surface area (Å²) in [7, 11) is 0. The zero-order valence-corrected chi connectivity index (χ0v) is 9.97. The Morgan fingerprint density at radius 1 is 1.35 bits per heavy atom. The molecular weight excluding hydrogens is 238 g/mol. The lowest BCUT2D eigenvalue weighted by Crippen LogP contribution is -2.17. The molecule has 86 valence electrons. The zero-order valence-electron chi connectivity index (χ0n) is 9.21. The van der Waals surface area contributed by atoms with E-state index < -0.39 is 0 Å². The van der Waals surface area contributed by atoms with E-state index in [1.54, 1.807) is 12.1 Å². The van der Waals surface area contributed by atoms with Crippen molar-refractivity contribution in [1.82, 2.24) is 0 Å². The van der Waals surface area contributed by atoms with Crippen LogP contribution in [-0.2, 0) is 9.59 Å². The summed E-state index contributed by atoms with van der Waals surface area (Å²) in [6.45, 7) is 1.96. The van der Waals surface area contributed by atoms with E-state index in [2.05, 4.69) is 5.32 Å². The first-order valence-corrected chi connectivity index (χ1v) is 5.90. The van der Waals surface area contributed by atoms with Gasteiger partial charge in [-0.2, -0.15) is 0 Å². The van der Waals surface area contributed by atoms with Crippen molar-refractivity contribution in [2.45, 2.75) is 19.3 Å². The summed E-state index contributed by atoms with van der Waals surface area (Å²) in [6, 6.07) is 3.52. The highest BCUT2D eigenvalue weighted by atomic mass is 35.5. The van der Waals surface area contributed by atoms with E-state index in [1.165, 1.54) is 6.08 Å². The second-order valence-corrected chi connectivity index (χ2v) is 4.73. The number of carbonyl (C=O) groups is 2. The first kappa shape index (κ1) is 10.5. The molecule has 1 aromatic rings. The Bertz CT molecular complexity index is 589. The van der Waals surface area contributed by atoms with Gasteiger partial charge < -0.3 is 5.32 Å². The van der Waals surface area contributed by atoms with E-state index in [4.69, 9.17) is 11.6 Å². The van der Waals surface area contributed by atoms with Gasteiger partial charge in [0.15, 0.2) is 5.78 Å². The largest absolute Gasteiger partial charge is 0.321 e. The quantitative estimate of drug-likeness (QED) is 0.829. The van der Waals surface area contributed by atoms with Crippen LogP contribution in [0.15, 0.2) is 18.2 Å². The van der Waals surface area contributed by atoms with Crippen LogP contribution in [0.25, 0.3) is 5.57 Å². The minimum absolute atomic E-state index is 0.0136. The molecule has 1 aromatic carbocycles. The number of anilines is 1. The van der Waals surface area contributed by atoms with Gasteiger partial charge in [0, 0.05) is 16.5 Å². The first-order valence-electron chi connectivity index (χ1n) is 5.52. The standard InChI is InChI=1S/C13H10ClNO2/c1-2-7-8-3-6(14)4-10-12(8)9(5-11(7)16)13(17)15-10/h3-5,7H,2H2,1H3,(H,15,17). The maximum absolute atomic E-state index is 11.9. The molecule has 0 fully saturated rings. The zero-order chi connectivity index (χ0) is 12.2. The van der Waals surface area contributed by atoms with Crippen molar-refractivity contribution >= 4 is 34.6 Å². The number of rotatable bonds is 1. The fraction of sp³-hybridized carbons (Fsp3) is 0.231. The number of ketones is 1. The Labute approximate surface area is 103 Å². The smallest absolute Gasteiger partial charge is 0.256 e. The van der Waals surface area contributed by atoms with E-state index in [1.807, 2.05) is 6.92 Å². The van der Waals surface area contributed by atoms with Crippen molar-refractivity contribution in [2.75, 3.05) is 5.32 Å². The van der Waals surface area contributed by atoms with Gasteiger partial charge in [0.25, 0.3) is 5.91 Å². The maximum atomic E-state index is 11.9. The Balaban J connectivity index is 2.34. The fourth-order valence-electron chi connectivity index (χ4n) is 2.56. The van der Waals surface area contributed by atoms with Gasteiger partial charge in [-0.1, -0.05) is 18.5 Å². The van der Waals surface area contributed by atoms with Crippen molar-refractivity contribution in [3.63, 3.8) is 0 Å². The highest BCUT2D eigenvalue weighted by Gasteiger charge is 2.36. The predicted molar refractivity (Wildman–Crippen MR) is 66.1 cm³/mol. The van der Waals surface area contributed by atoms with Crippen molar-refractivity contribution in [2.24, 2.45) is 0 Å². The molecule has 0 bridgehead atoms. The number of hydrogen-bond acceptors (Lipinski definition) is 2. The Kier molecular flexibility index (Phi) is 2.13. The summed E-state index contributed by atoms with van der Waals surface area (Å²) in [5.41, 5.74) is 2.91. The molecule has 1 aliphatic heterocycles. The molecule has 0 saturated heterocycles. The van der Waals surface area contributed by atoms with Gasteiger partial charge in [-0.25, -0.2) is 0 Å². The number of allylic oxidation sites excluding steroid dienone is 1. The average molecular weight is 248 g/mol. The summed E-state index contributed by atoms with van der Waals surface area (Å²) in [4.78, 5) is 23.7. The van der Waals surface area contributed by atoms with Gasteiger partial charge in [0.05, 0.1) is 11.3 Å². The number of nitrogens with one attached hydrogen (secondary N) is 1. The number of benzene rings is 1. The minimum Gasteiger partial charge on any atom is -0.321 e. The lowest BCUT2D eigenvalue weighted by molar-refractivity contribution is -0.116. The summed E-state index contributed by atoms with van der Waals surface area (Å²) >= 11 is 6.01. The topological polar surface area (TPSA) is 46.2 Å². The van der Waals surface area contributed by atoms with E-state index in [-0.39, 0.29) is 17.6 Å². The van der Waals surface area contributed by atoms with Crippen LogP contribution in [0, 0.1) is 0 Å². The molecule has 0 aromatic heterocycles. The molecule has 1 atom stereocenters. The van der Waals surface area contributed by atoms with Gasteiger partial charge in [-0.15, -0.1) is 0 Å². The van der Waals surface area contributed by atoms with Crippen LogP contribution in [0.3, 0.4) is 0 Å². The van der Waals surface area contributed by atoms with Gasteiger partial charge in [-0.3, -0.25) is 9.59 Å². The molecule has 1 amide bonds. The first-order chi connectivity index (χ1) is 8.11. The number of hydrogen-bond donors (Lipinski definition) is 1. The summed E-state index contributed by atoms with van der Waals surface area (Å²) in [5, 5.41) is 3.29. The summed E-state index contributed by atoms with van der Waals surface area (Å²) in [5.74, 6) is -0.411. The van der Waals surface area contributed by atoms with Crippen LogP contribution < -0.4 is 5.32 Å². The van der Waals surface area contributed by atoms with Gasteiger partial charge >= 0.3 is 0 Å².